The fraction of sp³-hybridized carbons (Fsp3) is 0.0303. The third-order valence-corrected chi connectivity index (χ3v) is 15.1. The lowest BCUT2D eigenvalue weighted by Gasteiger charge is -2.29. The largest absolute Gasteiger partial charge is 0.333 e. The van der Waals surface area contributed by atoms with Crippen molar-refractivity contribution in [2.45, 2.75) is 12.0 Å². The Balaban J connectivity index is 0.925. The Hall–Kier alpha value is -9.12. The number of allylic oxidation sites excluding steroid dienone is 2. The second kappa shape index (κ2) is 15.2. The van der Waals surface area contributed by atoms with Crippen LogP contribution in [-0.2, 0) is 0 Å². The molecule has 0 saturated heterocycles. The molecule has 15 rings (SSSR count). The lowest BCUT2D eigenvalue weighted by atomic mass is 9.91. The summed E-state index contributed by atoms with van der Waals surface area (Å²) in [6, 6.07) is 85.6. The van der Waals surface area contributed by atoms with Crippen LogP contribution in [0.25, 0.3) is 105 Å². The number of fused-ring (bicyclic) bond motifs is 10. The Morgan fingerprint density at radius 2 is 0.757 bits per heavy atom. The zero-order chi connectivity index (χ0) is 45.9. The van der Waals surface area contributed by atoms with Gasteiger partial charge in [0.25, 0.3) is 0 Å². The van der Waals surface area contributed by atoms with Crippen LogP contribution >= 0.6 is 0 Å². The molecule has 328 valence electrons. The van der Waals surface area contributed by atoms with Crippen LogP contribution in [0.4, 0.5) is 11.4 Å². The summed E-state index contributed by atoms with van der Waals surface area (Å²) in [6.07, 6.45) is 9.08. The van der Waals surface area contributed by atoms with E-state index in [4.69, 9.17) is 0 Å². The maximum atomic E-state index is 2.51. The van der Waals surface area contributed by atoms with Gasteiger partial charge >= 0.3 is 0 Å². The van der Waals surface area contributed by atoms with Crippen molar-refractivity contribution >= 4 is 76.5 Å². The quantitative estimate of drug-likeness (QED) is 0.163. The highest BCUT2D eigenvalue weighted by Gasteiger charge is 2.37. The minimum atomic E-state index is 0.243. The van der Waals surface area contributed by atoms with E-state index in [1.807, 2.05) is 0 Å². The van der Waals surface area contributed by atoms with E-state index in [0.717, 1.165) is 34.0 Å². The van der Waals surface area contributed by atoms with Crippen molar-refractivity contribution < 1.29 is 0 Å². The topological polar surface area (TPSA) is 18.0 Å². The number of benzene rings is 10. The third-order valence-electron chi connectivity index (χ3n) is 15.1. The number of nitrogens with zero attached hydrogens (tertiary/aromatic N) is 4. The van der Waals surface area contributed by atoms with E-state index in [0.29, 0.717) is 5.92 Å². The van der Waals surface area contributed by atoms with Gasteiger partial charge in [0.1, 0.15) is 0 Å². The average molecular weight is 893 g/mol. The molecule has 0 bridgehead atoms. The minimum Gasteiger partial charge on any atom is -0.333 e. The van der Waals surface area contributed by atoms with Crippen molar-refractivity contribution in [3.63, 3.8) is 0 Å². The maximum Gasteiger partial charge on any atom is 0.0629 e. The number of rotatable bonds is 6. The first-order valence-corrected chi connectivity index (χ1v) is 24.3. The molecular formula is C66H44N4. The molecule has 4 nitrogen and oxygen atoms in total. The van der Waals surface area contributed by atoms with Crippen molar-refractivity contribution in [2.75, 3.05) is 4.90 Å². The van der Waals surface area contributed by atoms with Gasteiger partial charge in [-0.2, -0.15) is 0 Å². The molecule has 3 aromatic heterocycles. The molecular weight excluding hydrogens is 849 g/mol. The van der Waals surface area contributed by atoms with Gasteiger partial charge in [-0.25, -0.2) is 0 Å². The summed E-state index contributed by atoms with van der Waals surface area (Å²) in [5.74, 6) is 0.334. The van der Waals surface area contributed by atoms with E-state index >= 15 is 0 Å². The van der Waals surface area contributed by atoms with E-state index in [2.05, 4.69) is 273 Å². The number of anilines is 2. The molecule has 1 aliphatic carbocycles. The molecule has 70 heavy (non-hydrogen) atoms. The van der Waals surface area contributed by atoms with Gasteiger partial charge in [0.05, 0.1) is 39.5 Å². The summed E-state index contributed by atoms with van der Waals surface area (Å²) in [5, 5.41) is 9.81. The van der Waals surface area contributed by atoms with E-state index < -0.39 is 0 Å². The van der Waals surface area contributed by atoms with E-state index in [1.165, 1.54) is 87.7 Å². The highest BCUT2D eigenvalue weighted by Crippen LogP contribution is 2.48. The predicted octanol–water partition coefficient (Wildman–Crippen LogP) is 17.0. The molecule has 0 amide bonds. The number of para-hydroxylation sites is 3. The molecule has 2 atom stereocenters. The summed E-state index contributed by atoms with van der Waals surface area (Å²) >= 11 is 0. The fourth-order valence-corrected chi connectivity index (χ4v) is 11.9. The summed E-state index contributed by atoms with van der Waals surface area (Å²) in [5.41, 5.74) is 16.6. The van der Waals surface area contributed by atoms with Gasteiger partial charge in [-0.3, -0.25) is 0 Å². The standard InChI is InChI=1S/C66H44N4/c1-3-15-45-37-47(27-25-43(45)13-1)63-39-49-41-66-50(42-65(49)69(63)53-33-29-51(30-34-53)67-59-21-9-5-17-55(59)56-18-6-10-22-60(56)67)40-64(48-28-26-44-14-2-4-16-46(44)38-48)70(66)54-35-31-52(32-36-54)68-61-23-11-7-19-57(61)58-20-8-12-24-62(58)68/h1-42,55,59H. The Bertz CT molecular complexity index is 4260. The van der Waals surface area contributed by atoms with Crippen molar-refractivity contribution in [1.29, 1.82) is 0 Å². The van der Waals surface area contributed by atoms with Gasteiger partial charge in [0, 0.05) is 55.9 Å². The van der Waals surface area contributed by atoms with Gasteiger partial charge in [-0.1, -0.05) is 152 Å². The molecule has 0 N–H and O–H groups in total. The molecule has 2 unspecified atom stereocenters. The lowest BCUT2D eigenvalue weighted by molar-refractivity contribution is 0.744. The van der Waals surface area contributed by atoms with Gasteiger partial charge in [-0.15, -0.1) is 0 Å². The average Bonchev–Trinajstić information content (AvgIpc) is 4.18. The first-order chi connectivity index (χ1) is 34.7. The summed E-state index contributed by atoms with van der Waals surface area (Å²) in [6.45, 7) is 0. The number of hydrogen-bond acceptors (Lipinski definition) is 1. The maximum absolute atomic E-state index is 2.51. The van der Waals surface area contributed by atoms with Crippen LogP contribution in [0.3, 0.4) is 0 Å². The van der Waals surface area contributed by atoms with Crippen LogP contribution in [0.1, 0.15) is 11.5 Å². The Labute approximate surface area is 405 Å². The third kappa shape index (κ3) is 5.90. The number of aromatic nitrogens is 3. The smallest absolute Gasteiger partial charge is 0.0629 e. The zero-order valence-corrected chi connectivity index (χ0v) is 38.2. The Morgan fingerprint density at radius 1 is 0.300 bits per heavy atom. The lowest BCUT2D eigenvalue weighted by Crippen LogP contribution is -2.28. The highest BCUT2D eigenvalue weighted by molar-refractivity contribution is 6.09. The van der Waals surface area contributed by atoms with E-state index in [9.17, 15) is 0 Å². The first-order valence-electron chi connectivity index (χ1n) is 24.3. The van der Waals surface area contributed by atoms with Crippen LogP contribution in [0.15, 0.2) is 255 Å². The van der Waals surface area contributed by atoms with Gasteiger partial charge in [0.15, 0.2) is 0 Å². The van der Waals surface area contributed by atoms with E-state index in [-0.39, 0.29) is 6.04 Å². The fourth-order valence-electron chi connectivity index (χ4n) is 11.9. The SMILES string of the molecule is C1=CC2c3ccccc3N(c3ccc(-n4c(-c5ccc6ccccc6c5)cc5cc6c(cc(-c7ccc8ccccc8c7)n6-c6ccc(-n7c8ccccc8c8ccccc87)cc6)cc54)cc3)C2C=C1. The van der Waals surface area contributed by atoms with Crippen LogP contribution in [0.2, 0.25) is 0 Å². The van der Waals surface area contributed by atoms with Crippen molar-refractivity contribution in [1.82, 2.24) is 13.7 Å². The minimum absolute atomic E-state index is 0.243. The predicted molar refractivity (Wildman–Crippen MR) is 294 cm³/mol. The highest BCUT2D eigenvalue weighted by atomic mass is 15.2. The molecule has 13 aromatic rings. The molecule has 0 fully saturated rings. The van der Waals surface area contributed by atoms with E-state index in [1.54, 1.807) is 0 Å². The van der Waals surface area contributed by atoms with Crippen molar-refractivity contribution in [3.05, 3.63) is 260 Å². The second-order valence-corrected chi connectivity index (χ2v) is 18.9. The molecule has 0 radical (unpaired) electrons. The van der Waals surface area contributed by atoms with Crippen molar-refractivity contribution in [3.8, 4) is 39.6 Å². The molecule has 1 aliphatic heterocycles. The van der Waals surface area contributed by atoms with Crippen LogP contribution < -0.4 is 4.90 Å². The van der Waals surface area contributed by atoms with Crippen LogP contribution in [0, 0.1) is 0 Å². The van der Waals surface area contributed by atoms with Gasteiger partial charge < -0.3 is 18.6 Å². The van der Waals surface area contributed by atoms with Crippen LogP contribution in [0.5, 0.6) is 0 Å². The monoisotopic (exact) mass is 892 g/mol. The number of hydrogen-bond donors (Lipinski definition) is 0. The molecule has 4 heteroatoms. The second-order valence-electron chi connectivity index (χ2n) is 18.9. The van der Waals surface area contributed by atoms with Crippen LogP contribution in [-0.4, -0.2) is 19.7 Å². The first kappa shape index (κ1) is 38.9. The molecule has 4 heterocycles. The molecule has 2 aliphatic rings. The Morgan fingerprint density at radius 3 is 1.33 bits per heavy atom. The molecule has 0 spiro atoms. The summed E-state index contributed by atoms with van der Waals surface area (Å²) < 4.78 is 7.33. The van der Waals surface area contributed by atoms with Gasteiger partial charge in [-0.05, 0) is 141 Å². The van der Waals surface area contributed by atoms with Crippen molar-refractivity contribution in [2.24, 2.45) is 0 Å². The molecule has 0 saturated carbocycles. The summed E-state index contributed by atoms with van der Waals surface area (Å²) in [4.78, 5) is 2.51. The molecule has 10 aromatic carbocycles. The normalized spacial score (nSPS) is 15.3. The summed E-state index contributed by atoms with van der Waals surface area (Å²) in [7, 11) is 0. The van der Waals surface area contributed by atoms with Gasteiger partial charge in [0.2, 0.25) is 0 Å². The Kier molecular flexibility index (Phi) is 8.45. The zero-order valence-electron chi connectivity index (χ0n) is 38.2.